The number of aromatic amines is 1. The Morgan fingerprint density at radius 3 is 2.54 bits per heavy atom. The zero-order valence-electron chi connectivity index (χ0n) is 16.7. The number of hydrogen-bond acceptors (Lipinski definition) is 7. The van der Waals surface area contributed by atoms with Crippen LogP contribution in [-0.4, -0.2) is 48.3 Å². The van der Waals surface area contributed by atoms with Gasteiger partial charge in [-0.05, 0) is 18.3 Å². The minimum absolute atomic E-state index is 0.0138. The molecule has 0 spiro atoms. The Morgan fingerprint density at radius 1 is 1.36 bits per heavy atom. The van der Waals surface area contributed by atoms with Crippen molar-refractivity contribution < 1.29 is 19.1 Å². The Balaban J connectivity index is 2.30. The second-order valence-corrected chi connectivity index (χ2v) is 7.46. The van der Waals surface area contributed by atoms with Crippen LogP contribution in [0, 0.1) is 17.8 Å². The van der Waals surface area contributed by atoms with Crippen molar-refractivity contribution in [2.45, 2.75) is 33.7 Å². The zero-order valence-corrected chi connectivity index (χ0v) is 16.7. The van der Waals surface area contributed by atoms with E-state index in [0.29, 0.717) is 0 Å². The lowest BCUT2D eigenvalue weighted by atomic mass is 10.2. The fraction of sp³-hybridized carbons (Fsp3) is 0.667. The molecule has 1 aromatic heterocycles. The average Bonchev–Trinajstić information content (AvgIpc) is 3.35. The van der Waals surface area contributed by atoms with Crippen LogP contribution in [0.1, 0.15) is 27.2 Å². The molecular weight excluding hydrogens is 368 g/mol. The van der Waals surface area contributed by atoms with Gasteiger partial charge in [0.1, 0.15) is 5.82 Å². The Labute approximate surface area is 162 Å². The number of hydrogen-bond donors (Lipinski definition) is 2. The normalized spacial score (nSPS) is 18.2. The van der Waals surface area contributed by atoms with E-state index in [1.807, 2.05) is 20.8 Å². The average molecular weight is 396 g/mol. The summed E-state index contributed by atoms with van der Waals surface area (Å²) in [6, 6.07) is 0. The van der Waals surface area contributed by atoms with Crippen LogP contribution in [0.15, 0.2) is 9.59 Å². The molecule has 0 bridgehead atoms. The van der Waals surface area contributed by atoms with Crippen LogP contribution in [0.2, 0.25) is 0 Å². The first kappa shape index (κ1) is 21.7. The molecule has 0 aliphatic heterocycles. The first-order valence-electron chi connectivity index (χ1n) is 9.25. The maximum absolute atomic E-state index is 12.7. The maximum Gasteiger partial charge on any atom is 0.330 e. The van der Waals surface area contributed by atoms with Gasteiger partial charge in [0.2, 0.25) is 0 Å². The van der Waals surface area contributed by atoms with Gasteiger partial charge in [-0.25, -0.2) is 4.79 Å². The minimum Gasteiger partial charge on any atom is -0.455 e. The van der Waals surface area contributed by atoms with E-state index in [2.05, 4.69) is 4.98 Å². The molecule has 2 atom stereocenters. The number of carbonyl (C=O) groups excluding carboxylic acids is 2. The van der Waals surface area contributed by atoms with Crippen LogP contribution < -0.4 is 21.9 Å². The number of aromatic nitrogens is 2. The largest absolute Gasteiger partial charge is 0.455 e. The van der Waals surface area contributed by atoms with Crippen molar-refractivity contribution in [3.05, 3.63) is 20.8 Å². The molecule has 0 unspecified atom stereocenters. The first-order chi connectivity index (χ1) is 13.2. The number of ether oxygens (including phenoxy) is 2. The van der Waals surface area contributed by atoms with Crippen molar-refractivity contribution in [2.24, 2.45) is 17.8 Å². The Kier molecular flexibility index (Phi) is 7.00. The minimum atomic E-state index is -0.783. The zero-order chi connectivity index (χ0) is 21.0. The van der Waals surface area contributed by atoms with Gasteiger partial charge in [-0.1, -0.05) is 20.8 Å². The number of anilines is 2. The third kappa shape index (κ3) is 5.00. The summed E-state index contributed by atoms with van der Waals surface area (Å²) in [7, 11) is 1.45. The molecule has 10 heteroatoms. The molecule has 1 fully saturated rings. The van der Waals surface area contributed by atoms with Gasteiger partial charge < -0.3 is 15.2 Å². The number of nitrogens with two attached hydrogens (primary N) is 1. The van der Waals surface area contributed by atoms with Gasteiger partial charge in [-0.2, -0.15) is 0 Å². The molecule has 0 aromatic carbocycles. The lowest BCUT2D eigenvalue weighted by Gasteiger charge is -2.24. The quantitative estimate of drug-likeness (QED) is 0.559. The predicted molar refractivity (Wildman–Crippen MR) is 103 cm³/mol. The number of amides is 1. The fourth-order valence-corrected chi connectivity index (χ4v) is 2.90. The van der Waals surface area contributed by atoms with Gasteiger partial charge in [0.05, 0.1) is 12.5 Å². The van der Waals surface area contributed by atoms with E-state index in [1.165, 1.54) is 11.7 Å². The summed E-state index contributed by atoms with van der Waals surface area (Å²) < 4.78 is 11.3. The van der Waals surface area contributed by atoms with E-state index in [-0.39, 0.29) is 49.0 Å². The van der Waals surface area contributed by atoms with Crippen molar-refractivity contribution in [2.75, 3.05) is 37.5 Å². The molecule has 156 valence electrons. The molecule has 1 aromatic rings. The van der Waals surface area contributed by atoms with E-state index >= 15 is 0 Å². The molecule has 10 nitrogen and oxygen atoms in total. The highest BCUT2D eigenvalue weighted by atomic mass is 16.5. The molecular formula is C18H28N4O6. The van der Waals surface area contributed by atoms with Crippen molar-refractivity contribution in [1.82, 2.24) is 9.55 Å². The summed E-state index contributed by atoms with van der Waals surface area (Å²) in [5, 5.41) is 0. The topological polar surface area (TPSA) is 137 Å². The van der Waals surface area contributed by atoms with Crippen molar-refractivity contribution in [3.63, 3.8) is 0 Å². The van der Waals surface area contributed by atoms with Crippen LogP contribution in [0.25, 0.3) is 0 Å². The van der Waals surface area contributed by atoms with Crippen molar-refractivity contribution >= 4 is 23.4 Å². The highest BCUT2D eigenvalue weighted by Crippen LogP contribution is 2.38. The second kappa shape index (κ2) is 9.05. The maximum atomic E-state index is 12.7. The van der Waals surface area contributed by atoms with Crippen LogP contribution in [0.3, 0.4) is 0 Å². The third-order valence-electron chi connectivity index (χ3n) is 4.60. The highest BCUT2D eigenvalue weighted by Gasteiger charge is 2.41. The van der Waals surface area contributed by atoms with E-state index in [0.717, 1.165) is 11.3 Å². The fourth-order valence-electron chi connectivity index (χ4n) is 2.90. The van der Waals surface area contributed by atoms with Gasteiger partial charge >= 0.3 is 11.7 Å². The number of esters is 1. The van der Waals surface area contributed by atoms with Crippen LogP contribution >= 0.6 is 0 Å². The first-order valence-corrected chi connectivity index (χ1v) is 9.25. The van der Waals surface area contributed by atoms with Crippen LogP contribution in [-0.2, 0) is 25.6 Å². The molecule has 1 heterocycles. The number of nitrogens with zero attached hydrogens (tertiary/aromatic N) is 2. The smallest absolute Gasteiger partial charge is 0.330 e. The van der Waals surface area contributed by atoms with Gasteiger partial charge in [0.15, 0.2) is 12.3 Å². The number of carbonyl (C=O) groups is 2. The third-order valence-corrected chi connectivity index (χ3v) is 4.60. The van der Waals surface area contributed by atoms with Gasteiger partial charge in [-0.3, -0.25) is 28.8 Å². The number of nitrogen functional groups attached to an aromatic ring is 1. The molecule has 1 amide bonds. The molecule has 0 saturated heterocycles. The van der Waals surface area contributed by atoms with Crippen LogP contribution in [0.4, 0.5) is 11.5 Å². The number of nitrogens with one attached hydrogen (secondary N) is 1. The van der Waals surface area contributed by atoms with E-state index in [4.69, 9.17) is 15.2 Å². The number of H-pyrrole nitrogens is 1. The number of rotatable bonds is 9. The van der Waals surface area contributed by atoms with Gasteiger partial charge in [-0.15, -0.1) is 0 Å². The molecule has 1 aliphatic rings. The molecule has 28 heavy (non-hydrogen) atoms. The second-order valence-electron chi connectivity index (χ2n) is 7.46. The SMILES string of the molecule is COCCN(C(=O)COC(=O)[C@H]1C[C@@H]1C)c1c(N)n(CC(C)C)c(=O)[nH]c1=O. The number of methoxy groups -OCH3 is 1. The summed E-state index contributed by atoms with van der Waals surface area (Å²) in [4.78, 5) is 52.4. The van der Waals surface area contributed by atoms with E-state index in [9.17, 15) is 19.2 Å². The summed E-state index contributed by atoms with van der Waals surface area (Å²) in [6.07, 6.45) is 0.743. The van der Waals surface area contributed by atoms with E-state index < -0.39 is 29.7 Å². The Bertz CT molecular complexity index is 843. The van der Waals surface area contributed by atoms with Crippen molar-refractivity contribution in [3.8, 4) is 0 Å². The van der Waals surface area contributed by atoms with Gasteiger partial charge in [0, 0.05) is 20.2 Å². The molecule has 0 radical (unpaired) electrons. The highest BCUT2D eigenvalue weighted by molar-refractivity contribution is 5.97. The summed E-state index contributed by atoms with van der Waals surface area (Å²) in [6.45, 7) is 5.60. The van der Waals surface area contributed by atoms with Gasteiger partial charge in [0.25, 0.3) is 11.5 Å². The summed E-state index contributed by atoms with van der Waals surface area (Å²) >= 11 is 0. The standard InChI is InChI=1S/C18H28N4O6/c1-10(2)8-22-15(19)14(16(24)20-18(22)26)21(5-6-27-4)13(23)9-28-17(25)12-7-11(12)3/h10-12H,5-9,19H2,1-4H3,(H,20,24,26)/t11-,12-/m0/s1. The lowest BCUT2D eigenvalue weighted by Crippen LogP contribution is -2.44. The Hall–Kier alpha value is -2.62. The monoisotopic (exact) mass is 396 g/mol. The van der Waals surface area contributed by atoms with E-state index in [1.54, 1.807) is 0 Å². The summed E-state index contributed by atoms with van der Waals surface area (Å²) in [5.74, 6) is -1.01. The molecule has 2 rings (SSSR count). The predicted octanol–water partition coefficient (Wildman–Crippen LogP) is -0.0466. The Morgan fingerprint density at radius 2 is 2.00 bits per heavy atom. The summed E-state index contributed by atoms with van der Waals surface area (Å²) in [5.41, 5.74) is 4.49. The van der Waals surface area contributed by atoms with Crippen molar-refractivity contribution in [1.29, 1.82) is 0 Å². The molecule has 1 aliphatic carbocycles. The van der Waals surface area contributed by atoms with Crippen LogP contribution in [0.5, 0.6) is 0 Å². The lowest BCUT2D eigenvalue weighted by molar-refractivity contribution is -0.149. The molecule has 3 N–H and O–H groups in total. The molecule has 1 saturated carbocycles.